The van der Waals surface area contributed by atoms with Crippen LogP contribution in [0.3, 0.4) is 0 Å². The summed E-state index contributed by atoms with van der Waals surface area (Å²) >= 11 is 0. The monoisotopic (exact) mass is 500 g/mol. The second-order valence-electron chi connectivity index (χ2n) is 9.14. The molecule has 10 heteroatoms. The minimum absolute atomic E-state index is 0.0369. The predicted octanol–water partition coefficient (Wildman–Crippen LogP) is 3.24. The van der Waals surface area contributed by atoms with Gasteiger partial charge in [-0.3, -0.25) is 25.0 Å². The Morgan fingerprint density at radius 2 is 1.00 bits per heavy atom. The Labute approximate surface area is 210 Å². The Morgan fingerprint density at radius 1 is 0.571 bits per heavy atom. The minimum atomic E-state index is -0.982. The molecule has 0 bridgehead atoms. The van der Waals surface area contributed by atoms with Gasteiger partial charge in [-0.25, -0.2) is 5.43 Å². The van der Waals surface area contributed by atoms with Crippen molar-refractivity contribution in [3.8, 4) is 0 Å². The highest BCUT2D eigenvalue weighted by molar-refractivity contribution is 5.77. The van der Waals surface area contributed by atoms with Crippen LogP contribution in [0.5, 0.6) is 0 Å². The van der Waals surface area contributed by atoms with E-state index in [0.29, 0.717) is 51.6 Å². The normalized spacial score (nSPS) is 11.7. The van der Waals surface area contributed by atoms with Crippen molar-refractivity contribution in [2.75, 3.05) is 13.1 Å². The molecule has 0 rings (SSSR count). The van der Waals surface area contributed by atoms with Gasteiger partial charge in [0, 0.05) is 32.4 Å². The number of carbonyl (C=O) groups is 4. The van der Waals surface area contributed by atoms with Gasteiger partial charge < -0.3 is 20.8 Å². The maximum atomic E-state index is 11.9. The molecule has 0 fully saturated rings. The Hall–Kier alpha value is -2.20. The highest BCUT2D eigenvalue weighted by atomic mass is 16.4. The van der Waals surface area contributed by atoms with E-state index in [2.05, 4.69) is 16.1 Å². The number of hydrazine groups is 1. The fourth-order valence-electron chi connectivity index (χ4n) is 3.79. The number of aliphatic carboxylic acids is 2. The van der Waals surface area contributed by atoms with Gasteiger partial charge in [0.25, 0.3) is 0 Å². The molecule has 0 saturated heterocycles. The zero-order valence-electron chi connectivity index (χ0n) is 21.3. The Bertz CT molecular complexity index is 588. The number of carboxylic acid groups (broad SMARTS) is 2. The Morgan fingerprint density at radius 3 is 1.46 bits per heavy atom. The lowest BCUT2D eigenvalue weighted by atomic mass is 10.0. The molecule has 0 aliphatic rings. The van der Waals surface area contributed by atoms with Crippen LogP contribution in [0, 0.1) is 0 Å². The number of carboxylic acids is 2. The molecule has 0 aromatic rings. The van der Waals surface area contributed by atoms with E-state index >= 15 is 0 Å². The van der Waals surface area contributed by atoms with Gasteiger partial charge in [-0.2, -0.15) is 0 Å². The zero-order valence-corrected chi connectivity index (χ0v) is 21.3. The third-order valence-corrected chi connectivity index (χ3v) is 5.94. The van der Waals surface area contributed by atoms with Crippen LogP contribution in [0.1, 0.15) is 116 Å². The molecule has 0 radical (unpaired) electrons. The predicted molar refractivity (Wildman–Crippen MR) is 136 cm³/mol. The average Bonchev–Trinajstić information content (AvgIpc) is 2.81. The second-order valence-corrected chi connectivity index (χ2v) is 9.14. The van der Waals surface area contributed by atoms with E-state index < -0.39 is 18.0 Å². The summed E-state index contributed by atoms with van der Waals surface area (Å²) in [5, 5.41) is 23.1. The summed E-state index contributed by atoms with van der Waals surface area (Å²) in [5.41, 5.74) is 2.25. The van der Waals surface area contributed by atoms with Gasteiger partial charge in [-0.1, -0.05) is 57.8 Å². The fourth-order valence-corrected chi connectivity index (χ4v) is 3.79. The first-order chi connectivity index (χ1) is 16.9. The van der Waals surface area contributed by atoms with E-state index in [9.17, 15) is 19.2 Å². The maximum absolute atomic E-state index is 11.9. The minimum Gasteiger partial charge on any atom is -0.481 e. The van der Waals surface area contributed by atoms with Crippen LogP contribution >= 0.6 is 0 Å². The van der Waals surface area contributed by atoms with Crippen LogP contribution in [0.25, 0.3) is 0 Å². The Balaban J connectivity index is 3.39. The number of amides is 2. The molecule has 0 saturated carbocycles. The van der Waals surface area contributed by atoms with Crippen LogP contribution in [0.15, 0.2) is 0 Å². The molecule has 35 heavy (non-hydrogen) atoms. The summed E-state index contributed by atoms with van der Waals surface area (Å²) in [6.07, 6.45) is 15.5. The fraction of sp³-hybridized carbons (Fsp3) is 0.840. The lowest BCUT2D eigenvalue weighted by Gasteiger charge is -2.10. The molecule has 0 aromatic heterocycles. The molecule has 204 valence electrons. The molecule has 1 atom stereocenters. The lowest BCUT2D eigenvalue weighted by Crippen LogP contribution is -2.41. The molecule has 2 amide bonds. The number of rotatable bonds is 25. The molecule has 0 spiro atoms. The molecule has 0 aromatic carbocycles. The summed E-state index contributed by atoms with van der Waals surface area (Å²) in [5.74, 6) is 3.45. The largest absolute Gasteiger partial charge is 0.481 e. The van der Waals surface area contributed by atoms with Crippen LogP contribution in [0.2, 0.25) is 0 Å². The first-order valence-corrected chi connectivity index (χ1v) is 13.3. The smallest absolute Gasteiger partial charge is 0.322 e. The Kier molecular flexibility index (Phi) is 22.1. The molecule has 7 N–H and O–H groups in total. The standard InChI is InChI=1S/C25H48N4O6/c26-29-21(25(34)35)15-12-13-19-27-23(31)17-14-20-28-22(30)16-10-8-6-4-2-1-3-5-7-9-11-18-24(32)33/h21,29H,1-20,26H2,(H,27,31)(H,28,30)(H,32,33)(H,34,35)/t21-/m0/s1. The van der Waals surface area contributed by atoms with Crippen LogP contribution in [0.4, 0.5) is 0 Å². The van der Waals surface area contributed by atoms with Crippen molar-refractivity contribution in [2.45, 2.75) is 122 Å². The second kappa shape index (κ2) is 23.5. The highest BCUT2D eigenvalue weighted by Crippen LogP contribution is 2.12. The number of unbranched alkanes of at least 4 members (excludes halogenated alkanes) is 11. The van der Waals surface area contributed by atoms with Gasteiger partial charge in [0.15, 0.2) is 0 Å². The van der Waals surface area contributed by atoms with Gasteiger partial charge in [0.1, 0.15) is 6.04 Å². The van der Waals surface area contributed by atoms with E-state index in [1.807, 2.05) is 0 Å². The molecule has 10 nitrogen and oxygen atoms in total. The van der Waals surface area contributed by atoms with Crippen molar-refractivity contribution < 1.29 is 29.4 Å². The van der Waals surface area contributed by atoms with Crippen molar-refractivity contribution in [1.82, 2.24) is 16.1 Å². The average molecular weight is 501 g/mol. The van der Waals surface area contributed by atoms with Gasteiger partial charge in [0.05, 0.1) is 0 Å². The SMILES string of the molecule is NN[C@@H](CCCCNC(=O)CCCNC(=O)CCCCCCCCCCCCCC(=O)O)C(=O)O. The van der Waals surface area contributed by atoms with Crippen LogP contribution < -0.4 is 21.9 Å². The third kappa shape index (κ3) is 23.3. The van der Waals surface area contributed by atoms with Gasteiger partial charge in [-0.15, -0.1) is 0 Å². The lowest BCUT2D eigenvalue weighted by molar-refractivity contribution is -0.140. The number of carbonyl (C=O) groups excluding carboxylic acids is 2. The molecular weight excluding hydrogens is 452 g/mol. The molecule has 0 heterocycles. The van der Waals surface area contributed by atoms with Gasteiger partial charge in [0.2, 0.25) is 11.8 Å². The van der Waals surface area contributed by atoms with Gasteiger partial charge >= 0.3 is 11.9 Å². The topological polar surface area (TPSA) is 171 Å². The summed E-state index contributed by atoms with van der Waals surface area (Å²) in [6.45, 7) is 0.988. The van der Waals surface area contributed by atoms with Crippen molar-refractivity contribution in [3.05, 3.63) is 0 Å². The molecular formula is C25H48N4O6. The maximum Gasteiger partial charge on any atom is 0.322 e. The third-order valence-electron chi connectivity index (χ3n) is 5.94. The van der Waals surface area contributed by atoms with Crippen molar-refractivity contribution in [2.24, 2.45) is 5.84 Å². The number of nitrogens with one attached hydrogen (secondary N) is 3. The van der Waals surface area contributed by atoms with E-state index in [0.717, 1.165) is 38.5 Å². The molecule has 0 aliphatic carbocycles. The number of hydrogen-bond acceptors (Lipinski definition) is 6. The number of hydrogen-bond donors (Lipinski definition) is 6. The van der Waals surface area contributed by atoms with E-state index in [1.165, 1.54) is 32.1 Å². The number of nitrogens with two attached hydrogens (primary N) is 1. The first kappa shape index (κ1) is 32.8. The highest BCUT2D eigenvalue weighted by Gasteiger charge is 2.14. The van der Waals surface area contributed by atoms with Crippen molar-refractivity contribution in [3.63, 3.8) is 0 Å². The van der Waals surface area contributed by atoms with Crippen molar-refractivity contribution >= 4 is 23.8 Å². The van der Waals surface area contributed by atoms with Crippen LogP contribution in [-0.2, 0) is 19.2 Å². The van der Waals surface area contributed by atoms with E-state index in [4.69, 9.17) is 16.1 Å². The van der Waals surface area contributed by atoms with E-state index in [-0.39, 0.29) is 18.2 Å². The van der Waals surface area contributed by atoms with E-state index in [1.54, 1.807) is 0 Å². The van der Waals surface area contributed by atoms with Gasteiger partial charge in [-0.05, 0) is 38.5 Å². The molecule has 0 aliphatic heterocycles. The van der Waals surface area contributed by atoms with Crippen molar-refractivity contribution in [1.29, 1.82) is 0 Å². The quantitative estimate of drug-likeness (QED) is 0.0630. The van der Waals surface area contributed by atoms with Crippen LogP contribution in [-0.4, -0.2) is 53.1 Å². The summed E-state index contributed by atoms with van der Waals surface area (Å²) in [7, 11) is 0. The summed E-state index contributed by atoms with van der Waals surface area (Å²) < 4.78 is 0. The first-order valence-electron chi connectivity index (χ1n) is 13.3. The summed E-state index contributed by atoms with van der Waals surface area (Å²) in [6, 6.07) is -0.764. The zero-order chi connectivity index (χ0) is 26.2. The summed E-state index contributed by atoms with van der Waals surface area (Å²) in [4.78, 5) is 44.9. The molecule has 0 unspecified atom stereocenters.